The topological polar surface area (TPSA) is 50.8 Å². The highest BCUT2D eigenvalue weighted by Gasteiger charge is 2.07. The first-order chi connectivity index (χ1) is 7.42. The Balaban J connectivity index is 2.30. The molecule has 1 aromatic carbocycles. The summed E-state index contributed by atoms with van der Waals surface area (Å²) >= 11 is 1.36. The number of nitrogens with zero attached hydrogens (tertiary/aromatic N) is 2. The summed E-state index contributed by atoms with van der Waals surface area (Å²) in [5.41, 5.74) is 1.01. The summed E-state index contributed by atoms with van der Waals surface area (Å²) < 4.78 is 5.31. The molecule has 1 heterocycles. The smallest absolute Gasteiger partial charge is 0.156 e. The van der Waals surface area contributed by atoms with Crippen molar-refractivity contribution in [2.24, 2.45) is 0 Å². The molecule has 0 atom stereocenters. The Morgan fingerprint density at radius 3 is 3.00 bits per heavy atom. The molecule has 2 rings (SSSR count). The maximum Gasteiger partial charge on any atom is 0.156 e. The number of hydrogen-bond donors (Lipinski definition) is 1. The molecule has 15 heavy (non-hydrogen) atoms. The van der Waals surface area contributed by atoms with Gasteiger partial charge in [-0.1, -0.05) is 12.1 Å². The maximum absolute atomic E-state index is 5.31. The molecule has 5 heteroatoms. The van der Waals surface area contributed by atoms with E-state index in [1.807, 2.05) is 31.2 Å². The quantitative estimate of drug-likeness (QED) is 0.806. The van der Waals surface area contributed by atoms with Gasteiger partial charge in [0.1, 0.15) is 6.33 Å². The first-order valence-electron chi connectivity index (χ1n) is 4.66. The molecule has 0 saturated heterocycles. The molecule has 0 saturated carbocycles. The van der Waals surface area contributed by atoms with E-state index in [-0.39, 0.29) is 0 Å². The van der Waals surface area contributed by atoms with Crippen LogP contribution in [0.4, 0.5) is 0 Å². The van der Waals surface area contributed by atoms with Crippen LogP contribution in [0.3, 0.4) is 0 Å². The fourth-order valence-electron chi connectivity index (χ4n) is 1.19. The lowest BCUT2D eigenvalue weighted by Crippen LogP contribution is -1.86. The monoisotopic (exact) mass is 221 g/mol. The largest absolute Gasteiger partial charge is 0.311 e. The van der Waals surface area contributed by atoms with Gasteiger partial charge in [-0.25, -0.2) is 4.98 Å². The fraction of sp³-hybridized carbons (Fsp3) is 0.200. The summed E-state index contributed by atoms with van der Waals surface area (Å²) in [7, 11) is 0. The molecule has 0 spiro atoms. The SMILES string of the molecule is CCOSc1ccccc1-c1ncn[nH]1. The molecule has 0 amide bonds. The third-order valence-electron chi connectivity index (χ3n) is 1.82. The van der Waals surface area contributed by atoms with Gasteiger partial charge in [-0.05, 0) is 19.1 Å². The summed E-state index contributed by atoms with van der Waals surface area (Å²) in [6, 6.07) is 7.93. The second-order valence-corrected chi connectivity index (χ2v) is 3.66. The minimum absolute atomic E-state index is 0.676. The van der Waals surface area contributed by atoms with E-state index < -0.39 is 0 Å². The minimum atomic E-state index is 0.676. The molecular formula is C10H11N3OS. The van der Waals surface area contributed by atoms with E-state index in [0.717, 1.165) is 16.3 Å². The van der Waals surface area contributed by atoms with Crippen molar-refractivity contribution < 1.29 is 4.18 Å². The zero-order chi connectivity index (χ0) is 10.5. The molecular weight excluding hydrogens is 210 g/mol. The molecule has 0 bridgehead atoms. The van der Waals surface area contributed by atoms with E-state index in [9.17, 15) is 0 Å². The Hall–Kier alpha value is -1.33. The van der Waals surface area contributed by atoms with Crippen molar-refractivity contribution in [2.75, 3.05) is 6.61 Å². The first kappa shape index (κ1) is 10.2. The third-order valence-corrected chi connectivity index (χ3v) is 2.71. The molecule has 0 radical (unpaired) electrons. The van der Waals surface area contributed by atoms with Gasteiger partial charge in [0, 0.05) is 22.5 Å². The van der Waals surface area contributed by atoms with Crippen LogP contribution in [0.5, 0.6) is 0 Å². The van der Waals surface area contributed by atoms with Crippen molar-refractivity contribution in [2.45, 2.75) is 11.8 Å². The van der Waals surface area contributed by atoms with E-state index in [0.29, 0.717) is 6.61 Å². The van der Waals surface area contributed by atoms with Gasteiger partial charge in [0.05, 0.1) is 6.61 Å². The van der Waals surface area contributed by atoms with E-state index >= 15 is 0 Å². The summed E-state index contributed by atoms with van der Waals surface area (Å²) in [6.07, 6.45) is 1.50. The fourth-order valence-corrected chi connectivity index (χ4v) is 1.83. The summed E-state index contributed by atoms with van der Waals surface area (Å²) in [5.74, 6) is 0.762. The van der Waals surface area contributed by atoms with Gasteiger partial charge >= 0.3 is 0 Å². The highest BCUT2D eigenvalue weighted by atomic mass is 32.2. The van der Waals surface area contributed by atoms with Crippen LogP contribution in [-0.2, 0) is 4.18 Å². The third kappa shape index (κ3) is 2.37. The van der Waals surface area contributed by atoms with Crippen molar-refractivity contribution in [3.63, 3.8) is 0 Å². The molecule has 78 valence electrons. The van der Waals surface area contributed by atoms with E-state index in [2.05, 4.69) is 15.2 Å². The molecule has 1 aromatic heterocycles. The predicted molar refractivity (Wildman–Crippen MR) is 59.3 cm³/mol. The Bertz CT molecular complexity index is 416. The van der Waals surface area contributed by atoms with Crippen LogP contribution in [0.1, 0.15) is 6.92 Å². The molecule has 0 unspecified atom stereocenters. The van der Waals surface area contributed by atoms with Crippen molar-refractivity contribution in [1.29, 1.82) is 0 Å². The zero-order valence-electron chi connectivity index (χ0n) is 8.30. The number of benzene rings is 1. The average Bonchev–Trinajstić information content (AvgIpc) is 2.80. The highest BCUT2D eigenvalue weighted by Crippen LogP contribution is 2.29. The zero-order valence-corrected chi connectivity index (χ0v) is 9.12. The minimum Gasteiger partial charge on any atom is -0.311 e. The van der Waals surface area contributed by atoms with Crippen LogP contribution in [0.25, 0.3) is 11.4 Å². The highest BCUT2D eigenvalue weighted by molar-refractivity contribution is 7.94. The van der Waals surface area contributed by atoms with Crippen LogP contribution in [0.2, 0.25) is 0 Å². The Morgan fingerprint density at radius 2 is 2.27 bits per heavy atom. The van der Waals surface area contributed by atoms with Gasteiger partial charge in [-0.2, -0.15) is 5.10 Å². The van der Waals surface area contributed by atoms with Gasteiger partial charge in [-0.15, -0.1) is 0 Å². The van der Waals surface area contributed by atoms with Gasteiger partial charge in [0.2, 0.25) is 0 Å². The van der Waals surface area contributed by atoms with Crippen LogP contribution in [-0.4, -0.2) is 21.8 Å². The summed E-state index contributed by atoms with van der Waals surface area (Å²) in [4.78, 5) is 5.16. The van der Waals surface area contributed by atoms with Crippen LogP contribution >= 0.6 is 12.0 Å². The Labute approximate surface area is 92.3 Å². The molecule has 0 fully saturated rings. The molecule has 4 nitrogen and oxygen atoms in total. The lowest BCUT2D eigenvalue weighted by Gasteiger charge is -2.04. The second-order valence-electron chi connectivity index (χ2n) is 2.82. The van der Waals surface area contributed by atoms with Crippen molar-refractivity contribution >= 4 is 12.0 Å². The number of H-pyrrole nitrogens is 1. The molecule has 0 aliphatic carbocycles. The van der Waals surface area contributed by atoms with Gasteiger partial charge in [0.25, 0.3) is 0 Å². The number of rotatable bonds is 4. The standard InChI is InChI=1S/C10H11N3OS/c1-2-14-15-9-6-4-3-5-8(9)10-11-7-12-13-10/h3-7H,2H2,1H3,(H,11,12,13). The Morgan fingerprint density at radius 1 is 1.40 bits per heavy atom. The lowest BCUT2D eigenvalue weighted by molar-refractivity contribution is 0.402. The van der Waals surface area contributed by atoms with Gasteiger partial charge < -0.3 is 4.18 Å². The summed E-state index contributed by atoms with van der Waals surface area (Å²) in [6.45, 7) is 2.64. The number of nitrogens with one attached hydrogen (secondary N) is 1. The van der Waals surface area contributed by atoms with Crippen molar-refractivity contribution in [3.05, 3.63) is 30.6 Å². The van der Waals surface area contributed by atoms with E-state index in [4.69, 9.17) is 4.18 Å². The number of aromatic nitrogens is 3. The number of hydrogen-bond acceptors (Lipinski definition) is 4. The second kappa shape index (κ2) is 4.95. The van der Waals surface area contributed by atoms with Gasteiger partial charge in [0.15, 0.2) is 5.82 Å². The maximum atomic E-state index is 5.31. The average molecular weight is 221 g/mol. The van der Waals surface area contributed by atoms with E-state index in [1.54, 1.807) is 0 Å². The molecule has 2 aromatic rings. The van der Waals surface area contributed by atoms with Crippen LogP contribution in [0.15, 0.2) is 35.5 Å². The summed E-state index contributed by atoms with van der Waals surface area (Å²) in [5, 5.41) is 6.67. The molecule has 1 N–H and O–H groups in total. The Kier molecular flexibility index (Phi) is 3.37. The normalized spacial score (nSPS) is 10.5. The lowest BCUT2D eigenvalue weighted by atomic mass is 10.2. The molecule has 0 aliphatic heterocycles. The van der Waals surface area contributed by atoms with Crippen molar-refractivity contribution in [1.82, 2.24) is 15.2 Å². The molecule has 0 aliphatic rings. The first-order valence-corrected chi connectivity index (χ1v) is 5.40. The van der Waals surface area contributed by atoms with Crippen molar-refractivity contribution in [3.8, 4) is 11.4 Å². The predicted octanol–water partition coefficient (Wildman–Crippen LogP) is 2.52. The van der Waals surface area contributed by atoms with E-state index in [1.165, 1.54) is 18.4 Å². The van der Waals surface area contributed by atoms with Crippen LogP contribution < -0.4 is 0 Å². The van der Waals surface area contributed by atoms with Crippen LogP contribution in [0, 0.1) is 0 Å². The van der Waals surface area contributed by atoms with Gasteiger partial charge in [-0.3, -0.25) is 5.10 Å². The number of aromatic amines is 1.